The molecule has 174 valence electrons. The monoisotopic (exact) mass is 450 g/mol. The number of H-pyrrole nitrogens is 2. The quantitative estimate of drug-likeness (QED) is 0.433. The number of fused-ring (bicyclic) bond motifs is 2. The summed E-state index contributed by atoms with van der Waals surface area (Å²) in [6.07, 6.45) is 10.8. The zero-order valence-corrected chi connectivity index (χ0v) is 18.9. The van der Waals surface area contributed by atoms with Crippen molar-refractivity contribution in [3.05, 3.63) is 52.5 Å². The molecule has 3 aromatic rings. The molecule has 4 nitrogen and oxygen atoms in total. The molecule has 2 aromatic heterocycles. The summed E-state index contributed by atoms with van der Waals surface area (Å²) >= 11 is 0. The van der Waals surface area contributed by atoms with Gasteiger partial charge in [0.05, 0.1) is 11.4 Å². The fraction of sp³-hybridized carbons (Fsp3) is 0.481. The molecular formula is C27H32F2N4. The highest BCUT2D eigenvalue weighted by Crippen LogP contribution is 2.39. The molecular weight excluding hydrogens is 418 g/mol. The van der Waals surface area contributed by atoms with Gasteiger partial charge in [0.25, 0.3) is 0 Å². The van der Waals surface area contributed by atoms with E-state index in [1.54, 1.807) is 18.2 Å². The van der Waals surface area contributed by atoms with Crippen LogP contribution in [0, 0.1) is 5.82 Å². The molecule has 2 aliphatic heterocycles. The number of hydrogen-bond donors (Lipinski definition) is 4. The fourth-order valence-corrected chi connectivity index (χ4v) is 6.04. The lowest BCUT2D eigenvalue weighted by Crippen LogP contribution is -2.35. The van der Waals surface area contributed by atoms with Crippen LogP contribution in [0.4, 0.5) is 8.78 Å². The zero-order valence-electron chi connectivity index (χ0n) is 18.9. The van der Waals surface area contributed by atoms with Gasteiger partial charge in [-0.3, -0.25) is 0 Å². The van der Waals surface area contributed by atoms with Crippen LogP contribution >= 0.6 is 0 Å². The van der Waals surface area contributed by atoms with E-state index in [4.69, 9.17) is 0 Å². The molecule has 0 bridgehead atoms. The molecule has 33 heavy (non-hydrogen) atoms. The third kappa shape index (κ3) is 4.04. The van der Waals surface area contributed by atoms with Gasteiger partial charge in [0.1, 0.15) is 12.0 Å². The average Bonchev–Trinajstić information content (AvgIpc) is 3.53. The predicted octanol–water partition coefficient (Wildman–Crippen LogP) is 5.19. The smallest absolute Gasteiger partial charge is 0.125 e. The van der Waals surface area contributed by atoms with Crippen molar-refractivity contribution < 1.29 is 8.78 Å². The van der Waals surface area contributed by atoms with E-state index >= 15 is 0 Å². The van der Waals surface area contributed by atoms with Crippen molar-refractivity contribution in [3.8, 4) is 11.4 Å². The third-order valence-electron chi connectivity index (χ3n) is 7.69. The Kier molecular flexibility index (Phi) is 5.59. The Hall–Kier alpha value is -2.44. The third-order valence-corrected chi connectivity index (χ3v) is 7.69. The van der Waals surface area contributed by atoms with E-state index in [0.717, 1.165) is 72.3 Å². The molecule has 2 fully saturated rings. The minimum absolute atomic E-state index is 0.235. The minimum Gasteiger partial charge on any atom is -0.356 e. The molecule has 6 rings (SSSR count). The highest BCUT2D eigenvalue weighted by molar-refractivity contribution is 5.91. The first kappa shape index (κ1) is 21.1. The SMILES string of the molecule is Fc1ccc2c(CC3CCCN3)c(-c3[nH]c4c(c3CC3CCCCN3)C=CC(F)C4)[nH]c2c1. The highest BCUT2D eigenvalue weighted by atomic mass is 19.1. The van der Waals surface area contributed by atoms with Crippen molar-refractivity contribution in [1.82, 2.24) is 20.6 Å². The Morgan fingerprint density at radius 2 is 1.64 bits per heavy atom. The summed E-state index contributed by atoms with van der Waals surface area (Å²) in [5, 5.41) is 8.37. The number of benzene rings is 1. The van der Waals surface area contributed by atoms with Gasteiger partial charge in [-0.25, -0.2) is 8.78 Å². The molecule has 3 atom stereocenters. The van der Waals surface area contributed by atoms with Crippen LogP contribution in [0.5, 0.6) is 0 Å². The number of allylic oxidation sites excluding steroid dienone is 1. The molecule has 1 aromatic carbocycles. The number of hydrogen-bond acceptors (Lipinski definition) is 2. The minimum atomic E-state index is -0.955. The Bertz CT molecular complexity index is 1180. The summed E-state index contributed by atoms with van der Waals surface area (Å²) in [6, 6.07) is 5.89. The first-order valence-electron chi connectivity index (χ1n) is 12.5. The van der Waals surface area contributed by atoms with Crippen LogP contribution in [-0.2, 0) is 19.3 Å². The van der Waals surface area contributed by atoms with Gasteiger partial charge in [0, 0.05) is 35.1 Å². The summed E-state index contributed by atoms with van der Waals surface area (Å²) in [4.78, 5) is 7.17. The van der Waals surface area contributed by atoms with Crippen LogP contribution in [0.25, 0.3) is 28.4 Å². The normalized spacial score (nSPS) is 25.1. The van der Waals surface area contributed by atoms with Gasteiger partial charge in [0.15, 0.2) is 0 Å². The van der Waals surface area contributed by atoms with Gasteiger partial charge in [-0.2, -0.15) is 0 Å². The second kappa shape index (κ2) is 8.73. The molecule has 2 saturated heterocycles. The fourth-order valence-electron chi connectivity index (χ4n) is 6.04. The van der Waals surface area contributed by atoms with E-state index in [0.29, 0.717) is 18.5 Å². The van der Waals surface area contributed by atoms with Crippen LogP contribution in [0.2, 0.25) is 0 Å². The molecule has 1 aliphatic carbocycles. The number of piperidine rings is 1. The largest absolute Gasteiger partial charge is 0.356 e. The molecule has 3 unspecified atom stereocenters. The number of aromatic amines is 2. The van der Waals surface area contributed by atoms with E-state index in [-0.39, 0.29) is 5.82 Å². The van der Waals surface area contributed by atoms with Crippen molar-refractivity contribution in [2.75, 3.05) is 13.1 Å². The number of aromatic nitrogens is 2. The van der Waals surface area contributed by atoms with Crippen LogP contribution in [0.3, 0.4) is 0 Å². The van der Waals surface area contributed by atoms with Gasteiger partial charge in [-0.15, -0.1) is 0 Å². The lowest BCUT2D eigenvalue weighted by molar-refractivity contribution is 0.393. The number of nitrogens with one attached hydrogen (secondary N) is 4. The first-order valence-corrected chi connectivity index (χ1v) is 12.5. The topological polar surface area (TPSA) is 55.6 Å². The van der Waals surface area contributed by atoms with E-state index in [1.807, 2.05) is 12.1 Å². The van der Waals surface area contributed by atoms with Gasteiger partial charge in [-0.05, 0) is 92.6 Å². The van der Waals surface area contributed by atoms with E-state index in [1.165, 1.54) is 30.4 Å². The Morgan fingerprint density at radius 1 is 0.879 bits per heavy atom. The van der Waals surface area contributed by atoms with Crippen molar-refractivity contribution in [2.24, 2.45) is 0 Å². The van der Waals surface area contributed by atoms with Crippen molar-refractivity contribution in [2.45, 2.75) is 69.6 Å². The number of halogens is 2. The van der Waals surface area contributed by atoms with Gasteiger partial charge in [-0.1, -0.05) is 12.5 Å². The zero-order chi connectivity index (χ0) is 22.4. The van der Waals surface area contributed by atoms with Gasteiger partial charge >= 0.3 is 0 Å². The lowest BCUT2D eigenvalue weighted by atomic mass is 9.91. The molecule has 0 spiro atoms. The number of rotatable bonds is 5. The van der Waals surface area contributed by atoms with Gasteiger partial charge in [0.2, 0.25) is 0 Å². The van der Waals surface area contributed by atoms with Crippen molar-refractivity contribution in [3.63, 3.8) is 0 Å². The van der Waals surface area contributed by atoms with E-state index in [9.17, 15) is 8.78 Å². The molecule has 4 N–H and O–H groups in total. The van der Waals surface area contributed by atoms with E-state index in [2.05, 4.69) is 20.6 Å². The van der Waals surface area contributed by atoms with Crippen LogP contribution in [0.15, 0.2) is 24.3 Å². The summed E-state index contributed by atoms with van der Waals surface area (Å²) < 4.78 is 28.4. The maximum Gasteiger partial charge on any atom is 0.125 e. The van der Waals surface area contributed by atoms with E-state index < -0.39 is 6.17 Å². The summed E-state index contributed by atoms with van der Waals surface area (Å²) in [5.41, 5.74) is 7.50. The van der Waals surface area contributed by atoms with Crippen LogP contribution in [0.1, 0.15) is 54.5 Å². The molecule has 3 aliphatic rings. The Labute approximate surface area is 193 Å². The molecule has 0 saturated carbocycles. The summed E-state index contributed by atoms with van der Waals surface area (Å²) in [7, 11) is 0. The summed E-state index contributed by atoms with van der Waals surface area (Å²) in [5.74, 6) is -0.235. The summed E-state index contributed by atoms with van der Waals surface area (Å²) in [6.45, 7) is 2.11. The predicted molar refractivity (Wildman–Crippen MR) is 130 cm³/mol. The molecule has 0 radical (unpaired) electrons. The Balaban J connectivity index is 1.49. The molecule has 6 heteroatoms. The standard InChI is InChI=1S/C27H32F2N4/c28-16-6-8-20-22(14-18-4-1-2-10-30-18)26(32-24(20)12-16)27-23(15-19-5-3-11-31-19)21-9-7-17(29)13-25(21)33-27/h6-9,13,16,18-19,30-33H,1-5,10-12,14-15H2. The Morgan fingerprint density at radius 3 is 2.42 bits per heavy atom. The maximum atomic E-state index is 14.2. The van der Waals surface area contributed by atoms with Crippen molar-refractivity contribution in [1.29, 1.82) is 0 Å². The second-order valence-corrected chi connectivity index (χ2v) is 9.97. The van der Waals surface area contributed by atoms with Crippen LogP contribution < -0.4 is 10.6 Å². The lowest BCUT2D eigenvalue weighted by Gasteiger charge is -2.24. The highest BCUT2D eigenvalue weighted by Gasteiger charge is 2.28. The van der Waals surface area contributed by atoms with Crippen LogP contribution in [-0.4, -0.2) is 41.3 Å². The van der Waals surface area contributed by atoms with Gasteiger partial charge < -0.3 is 20.6 Å². The average molecular weight is 451 g/mol. The molecule has 0 amide bonds. The van der Waals surface area contributed by atoms with Crippen molar-refractivity contribution >= 4 is 17.0 Å². The second-order valence-electron chi connectivity index (χ2n) is 9.97. The molecule has 4 heterocycles. The maximum absolute atomic E-state index is 14.2. The first-order chi connectivity index (χ1) is 16.2. The number of alkyl halides is 1.